The monoisotopic (exact) mass is 247 g/mol. The number of aromatic nitrogens is 1. The highest BCUT2D eigenvalue weighted by Gasteiger charge is 2.21. The molecule has 0 bridgehead atoms. The molecule has 0 spiro atoms. The van der Waals surface area contributed by atoms with Crippen LogP contribution in [0.5, 0.6) is 0 Å². The largest absolute Gasteiger partial charge is 0.356 e. The van der Waals surface area contributed by atoms with Crippen LogP contribution in [0, 0.1) is 12.8 Å². The lowest BCUT2D eigenvalue weighted by atomic mass is 9.92. The van der Waals surface area contributed by atoms with Crippen LogP contribution in [-0.4, -0.2) is 18.1 Å². The molecule has 0 amide bonds. The highest BCUT2D eigenvalue weighted by molar-refractivity contribution is 5.50. The number of nitrogens with zero attached hydrogens (tertiary/aromatic N) is 2. The zero-order valence-corrected chi connectivity index (χ0v) is 11.7. The molecule has 1 aliphatic rings. The third kappa shape index (κ3) is 2.83. The van der Waals surface area contributed by atoms with E-state index >= 15 is 0 Å². The number of pyridine rings is 1. The summed E-state index contributed by atoms with van der Waals surface area (Å²) >= 11 is 0. The Labute approximate surface area is 110 Å². The average Bonchev–Trinajstić information content (AvgIpc) is 2.40. The number of piperidine rings is 1. The normalized spacial score (nSPS) is 17.2. The summed E-state index contributed by atoms with van der Waals surface area (Å²) in [6.45, 7) is 7.25. The third-order valence-corrected chi connectivity index (χ3v) is 4.08. The van der Waals surface area contributed by atoms with Crippen molar-refractivity contribution in [3.8, 4) is 0 Å². The van der Waals surface area contributed by atoms with Gasteiger partial charge in [0.1, 0.15) is 5.82 Å². The molecule has 0 atom stereocenters. The molecule has 3 heteroatoms. The van der Waals surface area contributed by atoms with Gasteiger partial charge in [0, 0.05) is 31.4 Å². The molecule has 2 heterocycles. The average molecular weight is 247 g/mol. The fourth-order valence-electron chi connectivity index (χ4n) is 2.94. The number of nitrogens with two attached hydrogens (primary N) is 1. The molecule has 0 aliphatic carbocycles. The van der Waals surface area contributed by atoms with Gasteiger partial charge < -0.3 is 10.6 Å². The predicted octanol–water partition coefficient (Wildman–Crippen LogP) is 2.87. The molecule has 1 aromatic rings. The van der Waals surface area contributed by atoms with Crippen molar-refractivity contribution in [2.75, 3.05) is 18.0 Å². The van der Waals surface area contributed by atoms with Crippen LogP contribution in [0.2, 0.25) is 0 Å². The first kappa shape index (κ1) is 13.3. The maximum atomic E-state index is 5.87. The van der Waals surface area contributed by atoms with Crippen molar-refractivity contribution in [3.63, 3.8) is 0 Å². The summed E-state index contributed by atoms with van der Waals surface area (Å²) in [4.78, 5) is 6.97. The molecule has 18 heavy (non-hydrogen) atoms. The molecular weight excluding hydrogens is 222 g/mol. The van der Waals surface area contributed by atoms with Crippen molar-refractivity contribution >= 4 is 5.82 Å². The minimum atomic E-state index is 0.587. The summed E-state index contributed by atoms with van der Waals surface area (Å²) in [5.74, 6) is 2.03. The molecule has 1 aromatic heterocycles. The number of hydrogen-bond donors (Lipinski definition) is 1. The topological polar surface area (TPSA) is 42.2 Å². The lowest BCUT2D eigenvalue weighted by Crippen LogP contribution is -2.35. The summed E-state index contributed by atoms with van der Waals surface area (Å²) < 4.78 is 0. The van der Waals surface area contributed by atoms with E-state index in [0.29, 0.717) is 6.54 Å². The summed E-state index contributed by atoms with van der Waals surface area (Å²) in [5, 5.41) is 0. The van der Waals surface area contributed by atoms with Crippen LogP contribution in [0.4, 0.5) is 5.82 Å². The fourth-order valence-corrected chi connectivity index (χ4v) is 2.94. The van der Waals surface area contributed by atoms with Gasteiger partial charge in [-0.1, -0.05) is 19.8 Å². The van der Waals surface area contributed by atoms with Crippen LogP contribution in [0.15, 0.2) is 12.3 Å². The number of hydrogen-bond acceptors (Lipinski definition) is 3. The van der Waals surface area contributed by atoms with E-state index in [1.807, 2.05) is 6.20 Å². The number of rotatable bonds is 4. The lowest BCUT2D eigenvalue weighted by Gasteiger charge is -2.34. The second-order valence-electron chi connectivity index (χ2n) is 5.35. The second kappa shape index (κ2) is 6.19. The summed E-state index contributed by atoms with van der Waals surface area (Å²) in [5.41, 5.74) is 8.34. The van der Waals surface area contributed by atoms with E-state index in [-0.39, 0.29) is 0 Å². The number of aryl methyl sites for hydroxylation is 1. The second-order valence-corrected chi connectivity index (χ2v) is 5.35. The molecule has 1 saturated heterocycles. The van der Waals surface area contributed by atoms with E-state index in [9.17, 15) is 0 Å². The van der Waals surface area contributed by atoms with E-state index in [1.54, 1.807) is 0 Å². The maximum absolute atomic E-state index is 5.87. The molecule has 2 N–H and O–H groups in total. The maximum Gasteiger partial charge on any atom is 0.133 e. The van der Waals surface area contributed by atoms with Crippen LogP contribution in [0.3, 0.4) is 0 Å². The minimum Gasteiger partial charge on any atom is -0.356 e. The Morgan fingerprint density at radius 2 is 2.11 bits per heavy atom. The zero-order valence-electron chi connectivity index (χ0n) is 11.7. The molecule has 2 rings (SSSR count). The van der Waals surface area contributed by atoms with Crippen molar-refractivity contribution in [1.82, 2.24) is 4.98 Å². The Bertz CT molecular complexity index is 381. The van der Waals surface area contributed by atoms with Gasteiger partial charge in [-0.15, -0.1) is 0 Å². The van der Waals surface area contributed by atoms with Gasteiger partial charge >= 0.3 is 0 Å². The molecule has 3 nitrogen and oxygen atoms in total. The Balaban J connectivity index is 2.07. The Morgan fingerprint density at radius 1 is 1.39 bits per heavy atom. The van der Waals surface area contributed by atoms with Crippen LogP contribution in [0.25, 0.3) is 0 Å². The Morgan fingerprint density at radius 3 is 2.72 bits per heavy atom. The summed E-state index contributed by atoms with van der Waals surface area (Å²) in [7, 11) is 0. The van der Waals surface area contributed by atoms with Crippen molar-refractivity contribution in [2.45, 2.75) is 46.1 Å². The quantitative estimate of drug-likeness (QED) is 0.889. The first-order chi connectivity index (χ1) is 8.76. The highest BCUT2D eigenvalue weighted by atomic mass is 15.2. The minimum absolute atomic E-state index is 0.587. The highest BCUT2D eigenvalue weighted by Crippen LogP contribution is 2.27. The Kier molecular flexibility index (Phi) is 4.59. The van der Waals surface area contributed by atoms with Crippen molar-refractivity contribution in [1.29, 1.82) is 0 Å². The summed E-state index contributed by atoms with van der Waals surface area (Å²) in [6.07, 6.45) is 7.18. The summed E-state index contributed by atoms with van der Waals surface area (Å²) in [6, 6.07) is 2.05. The van der Waals surface area contributed by atoms with Gasteiger partial charge in [-0.05, 0) is 37.3 Å². The van der Waals surface area contributed by atoms with Gasteiger partial charge in [-0.25, -0.2) is 4.98 Å². The third-order valence-electron chi connectivity index (χ3n) is 4.08. The SMILES string of the molecule is CCCC1CCN(c2nccc(C)c2CN)CC1. The Hall–Kier alpha value is -1.09. The fraction of sp³-hybridized carbons (Fsp3) is 0.667. The van der Waals surface area contributed by atoms with Crippen LogP contribution >= 0.6 is 0 Å². The predicted molar refractivity (Wildman–Crippen MR) is 76.7 cm³/mol. The molecule has 1 fully saturated rings. The van der Waals surface area contributed by atoms with Crippen molar-refractivity contribution in [3.05, 3.63) is 23.4 Å². The van der Waals surface area contributed by atoms with Crippen molar-refractivity contribution in [2.24, 2.45) is 11.7 Å². The molecule has 1 aliphatic heterocycles. The number of anilines is 1. The van der Waals surface area contributed by atoms with Crippen LogP contribution < -0.4 is 10.6 Å². The first-order valence-electron chi connectivity index (χ1n) is 7.15. The van der Waals surface area contributed by atoms with Gasteiger partial charge in [0.25, 0.3) is 0 Å². The van der Waals surface area contributed by atoms with Gasteiger partial charge in [0.2, 0.25) is 0 Å². The lowest BCUT2D eigenvalue weighted by molar-refractivity contribution is 0.377. The van der Waals surface area contributed by atoms with Crippen LogP contribution in [-0.2, 0) is 6.54 Å². The molecule has 0 aromatic carbocycles. The smallest absolute Gasteiger partial charge is 0.133 e. The van der Waals surface area contributed by atoms with Gasteiger partial charge in [-0.3, -0.25) is 0 Å². The van der Waals surface area contributed by atoms with Crippen molar-refractivity contribution < 1.29 is 0 Å². The van der Waals surface area contributed by atoms with E-state index in [2.05, 4.69) is 29.8 Å². The van der Waals surface area contributed by atoms with E-state index < -0.39 is 0 Å². The van der Waals surface area contributed by atoms with Gasteiger partial charge in [0.05, 0.1) is 0 Å². The molecule has 100 valence electrons. The molecule has 0 unspecified atom stereocenters. The molecular formula is C15H25N3. The van der Waals surface area contributed by atoms with E-state index in [4.69, 9.17) is 5.73 Å². The van der Waals surface area contributed by atoms with E-state index in [0.717, 1.165) is 24.8 Å². The van der Waals surface area contributed by atoms with Gasteiger partial charge in [0.15, 0.2) is 0 Å². The van der Waals surface area contributed by atoms with E-state index in [1.165, 1.54) is 36.8 Å². The standard InChI is InChI=1S/C15H25N3/c1-3-4-13-6-9-18(10-7-13)15-14(11-16)12(2)5-8-17-15/h5,8,13H,3-4,6-7,9-11,16H2,1-2H3. The van der Waals surface area contributed by atoms with Crippen LogP contribution in [0.1, 0.15) is 43.7 Å². The molecule has 0 saturated carbocycles. The van der Waals surface area contributed by atoms with Gasteiger partial charge in [-0.2, -0.15) is 0 Å². The first-order valence-corrected chi connectivity index (χ1v) is 7.15. The zero-order chi connectivity index (χ0) is 13.0. The molecule has 0 radical (unpaired) electrons.